The first-order chi connectivity index (χ1) is 6.45. The molecule has 0 atom stereocenters. The highest BCUT2D eigenvalue weighted by Gasteiger charge is 2.02. The second-order valence-corrected chi connectivity index (χ2v) is 4.47. The normalized spacial score (nSPS) is 10.4. The summed E-state index contributed by atoms with van der Waals surface area (Å²) in [4.78, 5) is 0. The highest BCUT2D eigenvalue weighted by atomic mass is 35.5. The van der Waals surface area contributed by atoms with Crippen LogP contribution in [0.4, 0.5) is 0 Å². The topological polar surface area (TPSA) is 20.2 Å². The van der Waals surface area contributed by atoms with Gasteiger partial charge >= 0.3 is 0 Å². The molecule has 1 aromatic rings. The van der Waals surface area contributed by atoms with Gasteiger partial charge in [0, 0.05) is 5.02 Å². The molecule has 3 heteroatoms. The quantitative estimate of drug-likeness (QED) is 0.751. The van der Waals surface area contributed by atoms with Gasteiger partial charge < -0.3 is 9.59 Å². The van der Waals surface area contributed by atoms with Crippen molar-refractivity contribution in [2.75, 3.05) is 34.3 Å². The van der Waals surface area contributed by atoms with Crippen molar-refractivity contribution in [3.63, 3.8) is 0 Å². The van der Waals surface area contributed by atoms with Crippen LogP contribution in [-0.4, -0.2) is 43.9 Å². The smallest absolute Gasteiger partial charge is 0.101 e. The minimum Gasteiger partial charge on any atom is -0.391 e. The number of nitrogens with zero attached hydrogens (tertiary/aromatic N) is 1. The van der Waals surface area contributed by atoms with Crippen molar-refractivity contribution in [3.05, 3.63) is 35.4 Å². The summed E-state index contributed by atoms with van der Waals surface area (Å²) in [5, 5.41) is 9.18. The van der Waals surface area contributed by atoms with Crippen LogP contribution in [0, 0.1) is 0 Å². The van der Waals surface area contributed by atoms with Gasteiger partial charge in [-0.2, -0.15) is 0 Å². The van der Waals surface area contributed by atoms with Gasteiger partial charge in [0.15, 0.2) is 0 Å². The summed E-state index contributed by atoms with van der Waals surface area (Å²) >= 11 is 5.54. The lowest BCUT2D eigenvalue weighted by Crippen LogP contribution is -2.36. The number of hydrogen-bond donors (Lipinski definition) is 1. The molecule has 0 heterocycles. The zero-order valence-corrected chi connectivity index (χ0v) is 9.83. The summed E-state index contributed by atoms with van der Waals surface area (Å²) in [6.45, 7) is 1.11. The van der Waals surface area contributed by atoms with Crippen LogP contribution in [0.3, 0.4) is 0 Å². The minimum absolute atomic E-state index is 0.281. The van der Waals surface area contributed by atoms with Crippen LogP contribution in [0.2, 0.25) is 5.02 Å². The van der Waals surface area contributed by atoms with Crippen molar-refractivity contribution in [3.8, 4) is 0 Å². The summed E-state index contributed by atoms with van der Waals surface area (Å²) < 4.78 is 0.844. The van der Waals surface area contributed by atoms with Crippen molar-refractivity contribution >= 4 is 11.6 Å². The maximum absolute atomic E-state index is 8.39. The fraction of sp³-hybridized carbons (Fsp3) is 0.455. The van der Waals surface area contributed by atoms with Gasteiger partial charge in [-0.15, -0.1) is 0 Å². The Balaban J connectivity index is 0.000000241. The first kappa shape index (κ1) is 13.4. The first-order valence-corrected chi connectivity index (χ1v) is 4.95. The molecule has 0 radical (unpaired) electrons. The van der Waals surface area contributed by atoms with Crippen LogP contribution >= 0.6 is 11.6 Å². The van der Waals surface area contributed by atoms with E-state index in [1.165, 1.54) is 0 Å². The summed E-state index contributed by atoms with van der Waals surface area (Å²) in [7, 11) is 6.16. The fourth-order valence-corrected chi connectivity index (χ4v) is 0.860. The Morgan fingerprint density at radius 3 is 1.79 bits per heavy atom. The molecule has 0 aromatic heterocycles. The number of benzene rings is 1. The Morgan fingerprint density at radius 2 is 1.64 bits per heavy atom. The number of rotatable bonds is 2. The first-order valence-electron chi connectivity index (χ1n) is 4.57. The van der Waals surface area contributed by atoms with Crippen LogP contribution < -0.4 is 0 Å². The van der Waals surface area contributed by atoms with E-state index in [4.69, 9.17) is 16.7 Å². The van der Waals surface area contributed by atoms with Crippen LogP contribution in [0.15, 0.2) is 30.3 Å². The van der Waals surface area contributed by atoms with Crippen molar-refractivity contribution in [2.45, 2.75) is 0 Å². The zero-order valence-electron chi connectivity index (χ0n) is 9.07. The Labute approximate surface area is 91.3 Å². The van der Waals surface area contributed by atoms with Crippen LogP contribution in [0.25, 0.3) is 0 Å². The largest absolute Gasteiger partial charge is 0.391 e. The highest BCUT2D eigenvalue weighted by Crippen LogP contribution is 2.03. The van der Waals surface area contributed by atoms with Gasteiger partial charge in [0.25, 0.3) is 0 Å². The number of halogens is 1. The zero-order chi connectivity index (χ0) is 11.0. The molecule has 0 bridgehead atoms. The Kier molecular flexibility index (Phi) is 6.54. The molecule has 80 valence electrons. The molecule has 0 aliphatic heterocycles. The lowest BCUT2D eigenvalue weighted by Gasteiger charge is -2.21. The van der Waals surface area contributed by atoms with E-state index in [0.717, 1.165) is 16.1 Å². The molecule has 0 aliphatic rings. The molecule has 0 spiro atoms. The minimum atomic E-state index is 0.281. The third-order valence-corrected chi connectivity index (χ3v) is 1.76. The van der Waals surface area contributed by atoms with Crippen molar-refractivity contribution < 1.29 is 9.59 Å². The second-order valence-electron chi connectivity index (χ2n) is 4.03. The number of aliphatic hydroxyl groups excluding tert-OH is 1. The number of quaternary nitrogens is 1. The van der Waals surface area contributed by atoms with Crippen molar-refractivity contribution in [2.24, 2.45) is 0 Å². The van der Waals surface area contributed by atoms with Crippen molar-refractivity contribution in [1.29, 1.82) is 0 Å². The maximum atomic E-state index is 8.39. The van der Waals surface area contributed by atoms with Gasteiger partial charge in [-0.1, -0.05) is 29.8 Å². The van der Waals surface area contributed by atoms with E-state index in [1.54, 1.807) is 0 Å². The molecular weight excluding hydrogens is 198 g/mol. The van der Waals surface area contributed by atoms with Gasteiger partial charge in [0.05, 0.1) is 27.7 Å². The fourth-order valence-electron chi connectivity index (χ4n) is 0.715. The predicted molar refractivity (Wildman–Crippen MR) is 61.4 cm³/mol. The predicted octanol–water partition coefficient (Wildman–Crippen LogP) is 2.02. The molecule has 0 aliphatic carbocycles. The molecule has 0 amide bonds. The van der Waals surface area contributed by atoms with Crippen molar-refractivity contribution in [1.82, 2.24) is 0 Å². The molecule has 0 saturated carbocycles. The summed E-state index contributed by atoms with van der Waals surface area (Å²) in [6.07, 6.45) is 0. The van der Waals surface area contributed by atoms with E-state index in [-0.39, 0.29) is 6.61 Å². The molecule has 2 nitrogen and oxygen atoms in total. The average molecular weight is 217 g/mol. The molecule has 0 fully saturated rings. The average Bonchev–Trinajstić information content (AvgIpc) is 2.04. The van der Waals surface area contributed by atoms with Crippen LogP contribution in [0.1, 0.15) is 0 Å². The Hall–Kier alpha value is -0.570. The molecule has 0 saturated heterocycles. The van der Waals surface area contributed by atoms with Gasteiger partial charge in [-0.25, -0.2) is 0 Å². The van der Waals surface area contributed by atoms with E-state index < -0.39 is 0 Å². The number of likely N-dealkylation sites (N-methyl/N-ethyl adjacent to an activating group) is 1. The third kappa shape index (κ3) is 9.52. The van der Waals surface area contributed by atoms with E-state index in [9.17, 15) is 0 Å². The van der Waals surface area contributed by atoms with Crippen LogP contribution in [0.5, 0.6) is 0 Å². The number of hydrogen-bond acceptors (Lipinski definition) is 1. The highest BCUT2D eigenvalue weighted by molar-refractivity contribution is 6.30. The van der Waals surface area contributed by atoms with E-state index in [1.807, 2.05) is 30.3 Å². The number of aliphatic hydroxyl groups is 1. The molecule has 14 heavy (non-hydrogen) atoms. The Bertz CT molecular complexity index is 231. The standard InChI is InChI=1S/C6H5Cl.C5H14NO/c7-6-4-2-1-3-5-6;1-6(2,3)4-5-7/h1-5H;7H,4-5H2,1-3H3/q;+1. The van der Waals surface area contributed by atoms with E-state index >= 15 is 0 Å². The van der Waals surface area contributed by atoms with Gasteiger partial charge in [-0.3, -0.25) is 0 Å². The van der Waals surface area contributed by atoms with Crippen LogP contribution in [-0.2, 0) is 0 Å². The summed E-state index contributed by atoms with van der Waals surface area (Å²) in [5.41, 5.74) is 0. The molecule has 1 N–H and O–H groups in total. The molecule has 0 unspecified atom stereocenters. The molecule has 1 rings (SSSR count). The van der Waals surface area contributed by atoms with Gasteiger partial charge in [0.1, 0.15) is 6.54 Å². The monoisotopic (exact) mass is 216 g/mol. The maximum Gasteiger partial charge on any atom is 0.101 e. The third-order valence-electron chi connectivity index (χ3n) is 1.50. The molecule has 1 aromatic carbocycles. The van der Waals surface area contributed by atoms with Gasteiger partial charge in [0.2, 0.25) is 0 Å². The summed E-state index contributed by atoms with van der Waals surface area (Å²) in [5.74, 6) is 0. The lowest BCUT2D eigenvalue weighted by molar-refractivity contribution is -0.870. The van der Waals surface area contributed by atoms with E-state index in [0.29, 0.717) is 0 Å². The molecular formula is C11H19ClNO+. The van der Waals surface area contributed by atoms with E-state index in [2.05, 4.69) is 21.1 Å². The lowest BCUT2D eigenvalue weighted by atomic mass is 10.4. The SMILES string of the molecule is C[N+](C)(C)CCO.Clc1ccccc1. The Morgan fingerprint density at radius 1 is 1.14 bits per heavy atom. The van der Waals surface area contributed by atoms with Gasteiger partial charge in [-0.05, 0) is 12.1 Å². The second kappa shape index (κ2) is 6.82. The summed E-state index contributed by atoms with van der Waals surface area (Å²) in [6, 6.07) is 9.44.